The minimum Gasteiger partial charge on any atom is -0.462 e. The van der Waals surface area contributed by atoms with Gasteiger partial charge in [-0.3, -0.25) is 14.6 Å². The van der Waals surface area contributed by atoms with E-state index in [4.69, 9.17) is 9.47 Å². The monoisotopic (exact) mass is 522 g/mol. The number of carbonyl (C=O) groups excluding carboxylic acids is 1. The quantitative estimate of drug-likeness (QED) is 0.184. The molecule has 1 unspecified atom stereocenters. The first-order valence-electron chi connectivity index (χ1n) is 15.3. The highest BCUT2D eigenvalue weighted by atomic mass is 16.5. The average molecular weight is 523 g/mol. The van der Waals surface area contributed by atoms with Crippen molar-refractivity contribution < 1.29 is 14.3 Å². The maximum atomic E-state index is 13.0. The van der Waals surface area contributed by atoms with Crippen LogP contribution in [0.25, 0.3) is 0 Å². The maximum Gasteiger partial charge on any atom is 0.309 e. The van der Waals surface area contributed by atoms with E-state index in [0.717, 1.165) is 58.0 Å². The zero-order chi connectivity index (χ0) is 28.1. The van der Waals surface area contributed by atoms with Crippen molar-refractivity contribution in [3.8, 4) is 0 Å². The zero-order valence-electron chi connectivity index (χ0n) is 26.5. The smallest absolute Gasteiger partial charge is 0.309 e. The van der Waals surface area contributed by atoms with Crippen LogP contribution in [-0.4, -0.2) is 70.8 Å². The molecule has 0 saturated carbocycles. The molecule has 37 heavy (non-hydrogen) atoms. The van der Waals surface area contributed by atoms with Gasteiger partial charge >= 0.3 is 5.97 Å². The van der Waals surface area contributed by atoms with Crippen molar-refractivity contribution in [2.24, 2.45) is 5.92 Å². The normalized spacial score (nSPS) is 25.2. The summed E-state index contributed by atoms with van der Waals surface area (Å²) in [7, 11) is 4.44. The van der Waals surface area contributed by atoms with Crippen LogP contribution in [0.3, 0.4) is 0 Å². The fraction of sp³-hybridized carbons (Fsp3) is 0.969. The summed E-state index contributed by atoms with van der Waals surface area (Å²) in [6.45, 7) is 21.4. The number of hydrogen-bond donors (Lipinski definition) is 0. The number of likely N-dealkylation sites (tertiary alicyclic amines) is 2. The number of rotatable bonds is 13. The topological polar surface area (TPSA) is 42.0 Å². The van der Waals surface area contributed by atoms with Crippen molar-refractivity contribution in [1.29, 1.82) is 0 Å². The van der Waals surface area contributed by atoms with Crippen LogP contribution in [0.1, 0.15) is 139 Å². The van der Waals surface area contributed by atoms with E-state index in [-0.39, 0.29) is 40.1 Å². The van der Waals surface area contributed by atoms with Crippen LogP contribution in [0.15, 0.2) is 0 Å². The van der Waals surface area contributed by atoms with Crippen LogP contribution in [0.4, 0.5) is 0 Å². The molecule has 0 bridgehead atoms. The summed E-state index contributed by atoms with van der Waals surface area (Å²) < 4.78 is 12.4. The van der Waals surface area contributed by atoms with Crippen molar-refractivity contribution in [2.45, 2.75) is 174 Å². The Kier molecular flexibility index (Phi) is 11.6. The highest BCUT2D eigenvalue weighted by Gasteiger charge is 2.45. The Morgan fingerprint density at radius 3 is 1.57 bits per heavy atom. The second-order valence-electron chi connectivity index (χ2n) is 14.8. The van der Waals surface area contributed by atoms with Crippen molar-refractivity contribution in [3.63, 3.8) is 0 Å². The average Bonchev–Trinajstić information content (AvgIpc) is 2.76. The first kappa shape index (κ1) is 32.6. The molecule has 0 amide bonds. The third-order valence-electron chi connectivity index (χ3n) is 9.95. The van der Waals surface area contributed by atoms with Gasteiger partial charge in [-0.2, -0.15) is 0 Å². The third kappa shape index (κ3) is 9.21. The molecule has 2 fully saturated rings. The van der Waals surface area contributed by atoms with Gasteiger partial charge in [0.25, 0.3) is 0 Å². The minimum atomic E-state index is 0.0247. The fourth-order valence-corrected chi connectivity index (χ4v) is 6.96. The molecule has 0 aromatic heterocycles. The predicted molar refractivity (Wildman–Crippen MR) is 156 cm³/mol. The zero-order valence-corrected chi connectivity index (χ0v) is 26.5. The van der Waals surface area contributed by atoms with Gasteiger partial charge < -0.3 is 9.47 Å². The highest BCUT2D eigenvalue weighted by molar-refractivity contribution is 5.72. The summed E-state index contributed by atoms with van der Waals surface area (Å²) in [6, 6.07) is 0. The first-order chi connectivity index (χ1) is 17.0. The number of nitrogens with zero attached hydrogens (tertiary/aromatic N) is 2. The number of ether oxygens (including phenoxy) is 2. The minimum absolute atomic E-state index is 0.0247. The third-order valence-corrected chi connectivity index (χ3v) is 9.95. The van der Waals surface area contributed by atoms with E-state index in [0.29, 0.717) is 6.10 Å². The Morgan fingerprint density at radius 1 is 0.703 bits per heavy atom. The van der Waals surface area contributed by atoms with Gasteiger partial charge in [-0.1, -0.05) is 39.0 Å². The van der Waals surface area contributed by atoms with Gasteiger partial charge in [0.2, 0.25) is 0 Å². The number of unbranched alkanes of at least 4 members (excludes halogenated alkanes) is 5. The largest absolute Gasteiger partial charge is 0.462 e. The van der Waals surface area contributed by atoms with E-state index < -0.39 is 0 Å². The lowest BCUT2D eigenvalue weighted by molar-refractivity contribution is -0.164. The standard InChI is InChI=1S/C32H62N2O3/c1-12-25(28(35)37-27-23-31(6,7)34(11)32(8,9)24-27)19-17-15-13-14-16-18-20-36-26-21-29(2,3)33(10)30(4,5)22-26/h25-27H,12-24H2,1-11H3. The van der Waals surface area contributed by atoms with E-state index >= 15 is 0 Å². The Labute approximate surface area is 230 Å². The Hall–Kier alpha value is -0.650. The van der Waals surface area contributed by atoms with Crippen molar-refractivity contribution in [3.05, 3.63) is 0 Å². The fourth-order valence-electron chi connectivity index (χ4n) is 6.96. The van der Waals surface area contributed by atoms with Gasteiger partial charge in [-0.05, 0) is 102 Å². The van der Waals surface area contributed by atoms with Crippen LogP contribution >= 0.6 is 0 Å². The molecule has 1 atom stereocenters. The molecular formula is C32H62N2O3. The van der Waals surface area contributed by atoms with Crippen molar-refractivity contribution >= 4 is 5.97 Å². The Balaban J connectivity index is 1.59. The van der Waals surface area contributed by atoms with Gasteiger partial charge in [0.1, 0.15) is 6.10 Å². The molecule has 2 aliphatic rings. The Morgan fingerprint density at radius 2 is 1.11 bits per heavy atom. The molecule has 0 radical (unpaired) electrons. The summed E-state index contributed by atoms with van der Waals surface area (Å²) in [5.74, 6) is 0.0726. The van der Waals surface area contributed by atoms with E-state index in [1.54, 1.807) is 0 Å². The van der Waals surface area contributed by atoms with Gasteiger partial charge in [-0.25, -0.2) is 0 Å². The van der Waals surface area contributed by atoms with E-state index in [1.165, 1.54) is 25.7 Å². The molecule has 0 aliphatic carbocycles. The molecule has 218 valence electrons. The molecule has 5 nitrogen and oxygen atoms in total. The number of piperidine rings is 2. The van der Waals surface area contributed by atoms with E-state index in [2.05, 4.69) is 86.2 Å². The number of hydrogen-bond acceptors (Lipinski definition) is 5. The summed E-state index contributed by atoms with van der Waals surface area (Å²) in [6.07, 6.45) is 13.5. The number of esters is 1. The number of carbonyl (C=O) groups is 1. The van der Waals surface area contributed by atoms with Crippen LogP contribution in [0, 0.1) is 5.92 Å². The molecule has 2 saturated heterocycles. The SMILES string of the molecule is CCC(CCCCCCCCOC1CC(C)(C)N(C)C(C)(C)C1)C(=O)OC1CC(C)(C)N(C)C(C)(C)C1. The summed E-state index contributed by atoms with van der Waals surface area (Å²) in [5.41, 5.74) is 0.463. The van der Waals surface area contributed by atoms with Crippen LogP contribution in [0.2, 0.25) is 0 Å². The molecular weight excluding hydrogens is 460 g/mol. The Bertz CT molecular complexity index is 679. The molecule has 2 rings (SSSR count). The lowest BCUT2D eigenvalue weighted by atomic mass is 9.78. The van der Waals surface area contributed by atoms with Gasteiger partial charge in [0.15, 0.2) is 0 Å². The summed E-state index contributed by atoms with van der Waals surface area (Å²) in [5, 5.41) is 0. The predicted octanol–water partition coefficient (Wildman–Crippen LogP) is 7.61. The lowest BCUT2D eigenvalue weighted by Crippen LogP contribution is -2.60. The summed E-state index contributed by atoms with van der Waals surface area (Å²) in [4.78, 5) is 17.9. The van der Waals surface area contributed by atoms with Crippen LogP contribution in [0.5, 0.6) is 0 Å². The molecule has 2 heterocycles. The first-order valence-corrected chi connectivity index (χ1v) is 15.3. The van der Waals surface area contributed by atoms with Crippen molar-refractivity contribution in [1.82, 2.24) is 9.80 Å². The highest BCUT2D eigenvalue weighted by Crippen LogP contribution is 2.39. The molecule has 2 aliphatic heterocycles. The molecule has 0 spiro atoms. The van der Waals surface area contributed by atoms with E-state index in [1.807, 2.05) is 0 Å². The van der Waals surface area contributed by atoms with E-state index in [9.17, 15) is 4.79 Å². The van der Waals surface area contributed by atoms with Gasteiger partial charge in [0, 0.05) is 41.6 Å². The maximum absolute atomic E-state index is 13.0. The van der Waals surface area contributed by atoms with Gasteiger partial charge in [-0.15, -0.1) is 0 Å². The lowest BCUT2D eigenvalue weighted by Gasteiger charge is -2.53. The van der Waals surface area contributed by atoms with Crippen LogP contribution < -0.4 is 0 Å². The second-order valence-corrected chi connectivity index (χ2v) is 14.8. The van der Waals surface area contributed by atoms with Crippen LogP contribution in [-0.2, 0) is 14.3 Å². The molecule has 0 aromatic rings. The molecule has 0 N–H and O–H groups in total. The second kappa shape index (κ2) is 13.1. The summed E-state index contributed by atoms with van der Waals surface area (Å²) >= 11 is 0. The van der Waals surface area contributed by atoms with Crippen molar-refractivity contribution in [2.75, 3.05) is 20.7 Å². The van der Waals surface area contributed by atoms with Gasteiger partial charge in [0.05, 0.1) is 12.0 Å². The molecule has 0 aromatic carbocycles. The molecule has 5 heteroatoms.